The van der Waals surface area contributed by atoms with Gasteiger partial charge >= 0.3 is 16.3 Å². The average Bonchev–Trinajstić information content (AvgIpc) is 2.16. The van der Waals surface area contributed by atoms with Crippen LogP contribution in [-0.4, -0.2) is 39.0 Å². The SMILES string of the molecule is COC(=O)NS(=O)(=O)N(C)C(C)CC#N. The average molecular weight is 235 g/mol. The van der Waals surface area contributed by atoms with Gasteiger partial charge in [-0.15, -0.1) is 0 Å². The van der Waals surface area contributed by atoms with Gasteiger partial charge in [0.25, 0.3) is 0 Å². The molecule has 0 rings (SSSR count). The van der Waals surface area contributed by atoms with Crippen molar-refractivity contribution in [2.24, 2.45) is 0 Å². The van der Waals surface area contributed by atoms with E-state index in [0.29, 0.717) is 0 Å². The first-order chi connectivity index (χ1) is 6.85. The summed E-state index contributed by atoms with van der Waals surface area (Å²) in [5, 5.41) is 8.40. The molecule has 0 bridgehead atoms. The highest BCUT2D eigenvalue weighted by molar-refractivity contribution is 7.87. The second kappa shape index (κ2) is 5.53. The summed E-state index contributed by atoms with van der Waals surface area (Å²) in [4.78, 5) is 10.7. The van der Waals surface area contributed by atoms with Crippen molar-refractivity contribution in [2.75, 3.05) is 14.2 Å². The van der Waals surface area contributed by atoms with Crippen molar-refractivity contribution >= 4 is 16.3 Å². The Morgan fingerprint density at radius 2 is 2.20 bits per heavy atom. The first kappa shape index (κ1) is 13.7. The summed E-state index contributed by atoms with van der Waals surface area (Å²) in [7, 11) is -1.61. The van der Waals surface area contributed by atoms with Crippen LogP contribution in [0.15, 0.2) is 0 Å². The van der Waals surface area contributed by atoms with Crippen molar-refractivity contribution in [3.05, 3.63) is 0 Å². The Hall–Kier alpha value is -1.33. The molecule has 0 radical (unpaired) electrons. The van der Waals surface area contributed by atoms with E-state index in [-0.39, 0.29) is 6.42 Å². The normalized spacial score (nSPS) is 13.0. The van der Waals surface area contributed by atoms with Crippen LogP contribution in [0.1, 0.15) is 13.3 Å². The summed E-state index contributed by atoms with van der Waals surface area (Å²) in [6, 6.07) is 1.32. The standard InChI is InChI=1S/C7H13N3O4S/c1-6(4-5-8)10(2)15(12,13)9-7(11)14-3/h6H,4H2,1-3H3,(H,9,11). The van der Waals surface area contributed by atoms with E-state index < -0.39 is 22.3 Å². The summed E-state index contributed by atoms with van der Waals surface area (Å²) >= 11 is 0. The number of nitrogens with zero attached hydrogens (tertiary/aromatic N) is 2. The number of nitrogens with one attached hydrogen (secondary N) is 1. The van der Waals surface area contributed by atoms with Crippen LogP contribution in [0.2, 0.25) is 0 Å². The third kappa shape index (κ3) is 4.14. The summed E-state index contributed by atoms with van der Waals surface area (Å²) in [6.45, 7) is 1.56. The minimum Gasteiger partial charge on any atom is -0.452 e. The number of hydrogen-bond acceptors (Lipinski definition) is 5. The van der Waals surface area contributed by atoms with E-state index in [1.807, 2.05) is 6.07 Å². The van der Waals surface area contributed by atoms with Crippen molar-refractivity contribution in [1.82, 2.24) is 9.03 Å². The quantitative estimate of drug-likeness (QED) is 0.728. The Balaban J connectivity index is 4.60. The highest BCUT2D eigenvalue weighted by Gasteiger charge is 2.25. The molecule has 0 aliphatic carbocycles. The lowest BCUT2D eigenvalue weighted by Crippen LogP contribution is -2.45. The molecule has 0 aliphatic rings. The predicted octanol–water partition coefficient (Wildman–Crippen LogP) is -0.179. The second-order valence-electron chi connectivity index (χ2n) is 2.83. The van der Waals surface area contributed by atoms with Crippen LogP contribution in [0, 0.1) is 11.3 Å². The maximum atomic E-state index is 11.4. The number of carbonyl (C=O) groups excluding carboxylic acids is 1. The summed E-state index contributed by atoms with van der Waals surface area (Å²) in [6.07, 6.45) is -1.02. The first-order valence-corrected chi connectivity index (χ1v) is 5.49. The van der Waals surface area contributed by atoms with Gasteiger partial charge in [-0.25, -0.2) is 9.52 Å². The van der Waals surface area contributed by atoms with Gasteiger partial charge in [-0.1, -0.05) is 0 Å². The molecule has 1 amide bonds. The zero-order valence-corrected chi connectivity index (χ0v) is 9.54. The Morgan fingerprint density at radius 3 is 2.60 bits per heavy atom. The molecule has 1 N–H and O–H groups in total. The first-order valence-electron chi connectivity index (χ1n) is 4.05. The molecule has 0 aliphatic heterocycles. The van der Waals surface area contributed by atoms with Gasteiger partial charge in [0.05, 0.1) is 19.6 Å². The topological polar surface area (TPSA) is 99.5 Å². The smallest absolute Gasteiger partial charge is 0.421 e. The van der Waals surface area contributed by atoms with Gasteiger partial charge in [0, 0.05) is 13.1 Å². The molecule has 1 unspecified atom stereocenters. The van der Waals surface area contributed by atoms with E-state index in [2.05, 4.69) is 4.74 Å². The summed E-state index contributed by atoms with van der Waals surface area (Å²) in [5.74, 6) is 0. The van der Waals surface area contributed by atoms with Crippen molar-refractivity contribution in [3.8, 4) is 6.07 Å². The minimum atomic E-state index is -3.94. The van der Waals surface area contributed by atoms with Crippen LogP contribution in [0.25, 0.3) is 0 Å². The molecule has 86 valence electrons. The highest BCUT2D eigenvalue weighted by atomic mass is 32.2. The second-order valence-corrected chi connectivity index (χ2v) is 4.56. The number of rotatable bonds is 4. The Bertz CT molecular complexity index is 359. The van der Waals surface area contributed by atoms with E-state index in [4.69, 9.17) is 5.26 Å². The molecule has 0 fully saturated rings. The number of carbonyl (C=O) groups is 1. The van der Waals surface area contributed by atoms with Crippen LogP contribution in [-0.2, 0) is 14.9 Å². The Morgan fingerprint density at radius 1 is 1.67 bits per heavy atom. The zero-order chi connectivity index (χ0) is 12.1. The van der Waals surface area contributed by atoms with E-state index in [1.54, 1.807) is 11.6 Å². The molecule has 7 nitrogen and oxygen atoms in total. The largest absolute Gasteiger partial charge is 0.452 e. The van der Waals surface area contributed by atoms with Crippen molar-refractivity contribution in [2.45, 2.75) is 19.4 Å². The highest BCUT2D eigenvalue weighted by Crippen LogP contribution is 2.04. The van der Waals surface area contributed by atoms with Gasteiger partial charge in [0.15, 0.2) is 0 Å². The van der Waals surface area contributed by atoms with Crippen LogP contribution in [0.3, 0.4) is 0 Å². The third-order valence-electron chi connectivity index (χ3n) is 1.78. The molecule has 0 heterocycles. The van der Waals surface area contributed by atoms with Crippen LogP contribution in [0.4, 0.5) is 4.79 Å². The number of nitriles is 1. The Labute approximate surface area is 88.8 Å². The van der Waals surface area contributed by atoms with Gasteiger partial charge in [0.2, 0.25) is 0 Å². The molecule has 0 aromatic carbocycles. The molecular formula is C7H13N3O4S. The lowest BCUT2D eigenvalue weighted by molar-refractivity contribution is 0.177. The molecule has 8 heteroatoms. The van der Waals surface area contributed by atoms with Crippen molar-refractivity contribution in [3.63, 3.8) is 0 Å². The number of hydrogen-bond donors (Lipinski definition) is 1. The van der Waals surface area contributed by atoms with Gasteiger partial charge in [-0.2, -0.15) is 18.0 Å². The molecule has 15 heavy (non-hydrogen) atoms. The molecule has 0 aromatic heterocycles. The lowest BCUT2D eigenvalue weighted by atomic mass is 10.3. The fraction of sp³-hybridized carbons (Fsp3) is 0.714. The van der Waals surface area contributed by atoms with Crippen molar-refractivity contribution in [1.29, 1.82) is 5.26 Å². The number of amides is 1. The molecule has 0 saturated carbocycles. The monoisotopic (exact) mass is 235 g/mol. The molecule has 0 saturated heterocycles. The maximum absolute atomic E-state index is 11.4. The third-order valence-corrected chi connectivity index (χ3v) is 3.33. The summed E-state index contributed by atoms with van der Waals surface area (Å²) in [5.41, 5.74) is 0. The van der Waals surface area contributed by atoms with E-state index in [0.717, 1.165) is 11.4 Å². The van der Waals surface area contributed by atoms with E-state index in [1.165, 1.54) is 7.05 Å². The molecule has 1 atom stereocenters. The molecule has 0 aromatic rings. The fourth-order valence-corrected chi connectivity index (χ4v) is 1.70. The van der Waals surface area contributed by atoms with Gasteiger partial charge in [-0.05, 0) is 6.92 Å². The van der Waals surface area contributed by atoms with E-state index >= 15 is 0 Å². The maximum Gasteiger partial charge on any atom is 0.421 e. The molecule has 0 spiro atoms. The van der Waals surface area contributed by atoms with Crippen molar-refractivity contribution < 1.29 is 17.9 Å². The summed E-state index contributed by atoms with van der Waals surface area (Å²) < 4.78 is 29.6. The molecular weight excluding hydrogens is 222 g/mol. The zero-order valence-electron chi connectivity index (χ0n) is 8.72. The van der Waals surface area contributed by atoms with Gasteiger partial charge in [-0.3, -0.25) is 0 Å². The van der Waals surface area contributed by atoms with Crippen LogP contribution < -0.4 is 4.72 Å². The lowest BCUT2D eigenvalue weighted by Gasteiger charge is -2.21. The van der Waals surface area contributed by atoms with E-state index in [9.17, 15) is 13.2 Å². The van der Waals surface area contributed by atoms with Gasteiger partial charge < -0.3 is 4.74 Å². The van der Waals surface area contributed by atoms with Crippen LogP contribution in [0.5, 0.6) is 0 Å². The number of ether oxygens (including phenoxy) is 1. The Kier molecular flexibility index (Phi) is 5.04. The predicted molar refractivity (Wildman–Crippen MR) is 51.9 cm³/mol. The van der Waals surface area contributed by atoms with Crippen LogP contribution >= 0.6 is 0 Å². The fourth-order valence-electron chi connectivity index (χ4n) is 0.717. The minimum absolute atomic E-state index is 0.0403. The van der Waals surface area contributed by atoms with Gasteiger partial charge in [0.1, 0.15) is 0 Å². The number of methoxy groups -OCH3 is 1.